The lowest BCUT2D eigenvalue weighted by atomic mass is 10.1. The van der Waals surface area contributed by atoms with Crippen LogP contribution in [0.1, 0.15) is 12.5 Å². The van der Waals surface area contributed by atoms with Crippen molar-refractivity contribution < 1.29 is 9.05 Å². The molecule has 0 fully saturated rings. The Labute approximate surface area is 152 Å². The Morgan fingerprint density at radius 2 is 1.92 bits per heavy atom. The van der Waals surface area contributed by atoms with Crippen molar-refractivity contribution in [1.82, 2.24) is 4.98 Å². The molecule has 7 nitrogen and oxygen atoms in total. The molecule has 2 aromatic carbocycles. The molecule has 0 radical (unpaired) electrons. The number of nitrogens with zero attached hydrogens (tertiary/aromatic N) is 4. The third-order valence-corrected chi connectivity index (χ3v) is 4.33. The molecule has 0 saturated heterocycles. The normalized spacial score (nSPS) is 12.2. The minimum Gasteiger partial charge on any atom is -0.434 e. The molecular formula is C18H16N5O2P. The van der Waals surface area contributed by atoms with Crippen molar-refractivity contribution in [1.29, 1.82) is 5.26 Å². The summed E-state index contributed by atoms with van der Waals surface area (Å²) in [5.41, 5.74) is 8.04. The summed E-state index contributed by atoms with van der Waals surface area (Å²) >= 11 is 0. The molecule has 0 aliphatic carbocycles. The molecule has 8 heteroatoms. The number of pyridine rings is 1. The van der Waals surface area contributed by atoms with Gasteiger partial charge in [0.2, 0.25) is 0 Å². The van der Waals surface area contributed by atoms with E-state index in [2.05, 4.69) is 21.3 Å². The molecule has 0 spiro atoms. The highest BCUT2D eigenvalue weighted by Crippen LogP contribution is 2.38. The summed E-state index contributed by atoms with van der Waals surface area (Å²) in [6, 6.07) is 16.3. The fraction of sp³-hybridized carbons (Fsp3) is 0.111. The molecular weight excluding hydrogens is 349 g/mol. The quantitative estimate of drug-likeness (QED) is 0.482. The van der Waals surface area contributed by atoms with Crippen molar-refractivity contribution in [3.8, 4) is 11.8 Å². The molecule has 0 bridgehead atoms. The van der Waals surface area contributed by atoms with E-state index >= 15 is 0 Å². The Hall–Kier alpha value is -2.91. The molecule has 130 valence electrons. The zero-order valence-electron chi connectivity index (χ0n) is 14.0. The van der Waals surface area contributed by atoms with Gasteiger partial charge in [0.15, 0.2) is 5.75 Å². The van der Waals surface area contributed by atoms with E-state index in [1.165, 1.54) is 0 Å². The van der Waals surface area contributed by atoms with Crippen molar-refractivity contribution in [3.63, 3.8) is 0 Å². The van der Waals surface area contributed by atoms with E-state index < -0.39 is 8.53 Å². The maximum absolute atomic E-state index is 9.15. The van der Waals surface area contributed by atoms with Crippen LogP contribution in [0.25, 0.3) is 10.9 Å². The number of rotatable bonds is 6. The fourth-order valence-electron chi connectivity index (χ4n) is 2.31. The number of nitriles is 1. The average molecular weight is 365 g/mol. The Kier molecular flexibility index (Phi) is 5.82. The number of azo groups is 1. The maximum atomic E-state index is 9.15. The number of hydrogen-bond donors (Lipinski definition) is 1. The largest absolute Gasteiger partial charge is 0.434 e. The molecule has 0 aliphatic rings. The summed E-state index contributed by atoms with van der Waals surface area (Å²) in [5, 5.41) is 18.4. The Balaban J connectivity index is 1.98. The minimum absolute atomic E-state index is 0.462. The van der Waals surface area contributed by atoms with Crippen LogP contribution in [0.3, 0.4) is 0 Å². The molecule has 0 amide bonds. The Morgan fingerprint density at radius 1 is 1.12 bits per heavy atom. The summed E-state index contributed by atoms with van der Waals surface area (Å²) < 4.78 is 10.9. The number of fused-ring (bicyclic) bond motifs is 1. The molecule has 3 rings (SSSR count). The van der Waals surface area contributed by atoms with E-state index in [0.717, 1.165) is 5.39 Å². The first-order valence-corrected chi connectivity index (χ1v) is 9.12. The number of hydrogen-bond acceptors (Lipinski definition) is 7. The third kappa shape index (κ3) is 4.01. The summed E-state index contributed by atoms with van der Waals surface area (Å²) in [5.74, 6) is 0.527. The van der Waals surface area contributed by atoms with Gasteiger partial charge in [0.1, 0.15) is 17.3 Å². The molecule has 1 heterocycles. The second-order valence-corrected chi connectivity index (χ2v) is 6.12. The van der Waals surface area contributed by atoms with Crippen LogP contribution in [-0.2, 0) is 4.52 Å². The lowest BCUT2D eigenvalue weighted by Crippen LogP contribution is -2.01. The summed E-state index contributed by atoms with van der Waals surface area (Å²) in [7, 11) is -1.52. The van der Waals surface area contributed by atoms with Gasteiger partial charge in [-0.3, -0.25) is 10.5 Å². The van der Waals surface area contributed by atoms with Gasteiger partial charge in [0, 0.05) is 11.6 Å². The summed E-state index contributed by atoms with van der Waals surface area (Å²) in [4.78, 5) is 4.36. The average Bonchev–Trinajstić information content (AvgIpc) is 2.68. The smallest absolute Gasteiger partial charge is 0.315 e. The highest BCUT2D eigenvalue weighted by atomic mass is 31.2. The fourth-order valence-corrected chi connectivity index (χ4v) is 2.95. The number of benzene rings is 2. The van der Waals surface area contributed by atoms with Crippen molar-refractivity contribution in [3.05, 3.63) is 60.3 Å². The number of aromatic nitrogens is 1. The van der Waals surface area contributed by atoms with Gasteiger partial charge >= 0.3 is 8.53 Å². The highest BCUT2D eigenvalue weighted by Gasteiger charge is 2.12. The zero-order chi connectivity index (χ0) is 18.4. The maximum Gasteiger partial charge on any atom is 0.315 e. The van der Waals surface area contributed by atoms with E-state index in [-0.39, 0.29) is 0 Å². The van der Waals surface area contributed by atoms with Crippen LogP contribution < -0.4 is 10.0 Å². The van der Waals surface area contributed by atoms with Crippen LogP contribution in [0.5, 0.6) is 5.75 Å². The molecule has 2 N–H and O–H groups in total. The Bertz CT molecular complexity index is 987. The third-order valence-electron chi connectivity index (χ3n) is 3.44. The van der Waals surface area contributed by atoms with Crippen LogP contribution in [0.4, 0.5) is 11.4 Å². The lowest BCUT2D eigenvalue weighted by Gasteiger charge is -2.13. The summed E-state index contributed by atoms with van der Waals surface area (Å²) in [6.07, 6.45) is 1.67. The monoisotopic (exact) mass is 365 g/mol. The SMILES string of the molecule is CCOP(N)Oc1ccc(N=Nc2ccccc2C#N)c2cccnc12. The molecule has 1 aromatic heterocycles. The standard InChI is InChI=1S/C18H16N5O2P/c1-2-24-26(20)25-17-10-9-16(14-7-5-11-21-18(14)17)23-22-15-8-4-3-6-13(15)12-19/h3-11H,2,20H2,1H3. The molecule has 26 heavy (non-hydrogen) atoms. The van der Waals surface area contributed by atoms with Crippen LogP contribution in [-0.4, -0.2) is 11.6 Å². The van der Waals surface area contributed by atoms with Crippen molar-refractivity contribution >= 4 is 30.8 Å². The molecule has 1 atom stereocenters. The van der Waals surface area contributed by atoms with Gasteiger partial charge < -0.3 is 9.05 Å². The van der Waals surface area contributed by atoms with Crippen LogP contribution in [0.2, 0.25) is 0 Å². The van der Waals surface area contributed by atoms with Crippen LogP contribution in [0, 0.1) is 11.3 Å². The second-order valence-electron chi connectivity index (χ2n) is 5.11. The van der Waals surface area contributed by atoms with Crippen molar-refractivity contribution in [2.24, 2.45) is 15.7 Å². The van der Waals surface area contributed by atoms with Gasteiger partial charge in [0.05, 0.1) is 17.9 Å². The Morgan fingerprint density at radius 3 is 2.73 bits per heavy atom. The minimum atomic E-state index is -1.52. The first kappa shape index (κ1) is 17.9. The first-order chi connectivity index (χ1) is 12.7. The highest BCUT2D eigenvalue weighted by molar-refractivity contribution is 7.44. The molecule has 0 saturated carbocycles. The van der Waals surface area contributed by atoms with Gasteiger partial charge in [0.25, 0.3) is 0 Å². The lowest BCUT2D eigenvalue weighted by molar-refractivity contribution is 0.335. The van der Waals surface area contributed by atoms with E-state index in [1.54, 1.807) is 36.5 Å². The molecule has 0 aliphatic heterocycles. The van der Waals surface area contributed by atoms with Crippen LogP contribution in [0.15, 0.2) is 65.0 Å². The summed E-state index contributed by atoms with van der Waals surface area (Å²) in [6.45, 7) is 2.32. The van der Waals surface area contributed by atoms with Crippen LogP contribution >= 0.6 is 8.53 Å². The van der Waals surface area contributed by atoms with E-state index in [9.17, 15) is 0 Å². The predicted molar refractivity (Wildman–Crippen MR) is 100 cm³/mol. The zero-order valence-corrected chi connectivity index (χ0v) is 14.9. The van der Waals surface area contributed by atoms with Crippen molar-refractivity contribution in [2.75, 3.05) is 6.61 Å². The van der Waals surface area contributed by atoms with Gasteiger partial charge in [-0.2, -0.15) is 5.26 Å². The van der Waals surface area contributed by atoms with Crippen molar-refractivity contribution in [2.45, 2.75) is 6.92 Å². The molecule has 1 unspecified atom stereocenters. The van der Waals surface area contributed by atoms with Gasteiger partial charge in [-0.05, 0) is 43.3 Å². The van der Waals surface area contributed by atoms with E-state index in [1.807, 2.05) is 25.1 Å². The van der Waals surface area contributed by atoms with E-state index in [0.29, 0.717) is 34.8 Å². The second kappa shape index (κ2) is 8.45. The topological polar surface area (TPSA) is 106 Å². The molecule has 3 aromatic rings. The van der Waals surface area contributed by atoms with E-state index in [4.69, 9.17) is 19.8 Å². The number of nitrogens with two attached hydrogens (primary N) is 1. The van der Waals surface area contributed by atoms with Gasteiger partial charge in [-0.15, -0.1) is 10.2 Å². The van der Waals surface area contributed by atoms with Gasteiger partial charge in [-0.25, -0.2) is 0 Å². The van der Waals surface area contributed by atoms with Gasteiger partial charge in [-0.1, -0.05) is 12.1 Å². The first-order valence-electron chi connectivity index (χ1n) is 7.87. The predicted octanol–water partition coefficient (Wildman–Crippen LogP) is 5.12.